The highest BCUT2D eigenvalue weighted by Gasteiger charge is 2.20. The van der Waals surface area contributed by atoms with Crippen LogP contribution in [0.2, 0.25) is 0 Å². The van der Waals surface area contributed by atoms with E-state index < -0.39 is 0 Å². The summed E-state index contributed by atoms with van der Waals surface area (Å²) in [7, 11) is 0. The summed E-state index contributed by atoms with van der Waals surface area (Å²) < 4.78 is 0. The fourth-order valence-corrected chi connectivity index (χ4v) is 2.80. The fraction of sp³-hybridized carbons (Fsp3) is 0.188. The molecule has 0 radical (unpaired) electrons. The van der Waals surface area contributed by atoms with Crippen molar-refractivity contribution in [3.63, 3.8) is 0 Å². The van der Waals surface area contributed by atoms with Gasteiger partial charge in [-0.25, -0.2) is 4.98 Å². The third kappa shape index (κ3) is 2.27. The van der Waals surface area contributed by atoms with Crippen molar-refractivity contribution < 1.29 is 0 Å². The molecule has 0 fully saturated rings. The number of nitrogens with one attached hydrogen (secondary N) is 1. The van der Waals surface area contributed by atoms with Crippen LogP contribution in [0, 0.1) is 0 Å². The lowest BCUT2D eigenvalue weighted by Gasteiger charge is -2.19. The molecule has 0 aliphatic carbocycles. The molecule has 1 aliphatic rings. The van der Waals surface area contributed by atoms with E-state index in [0.29, 0.717) is 0 Å². The first-order valence-electron chi connectivity index (χ1n) is 7.03. The smallest absolute Gasteiger partial charge is 0.0930 e. The van der Waals surface area contributed by atoms with E-state index >= 15 is 0 Å². The van der Waals surface area contributed by atoms with Crippen LogP contribution in [0.3, 0.4) is 0 Å². The number of rotatable bonds is 3. The Labute approximate surface area is 122 Å². The molecule has 104 valence electrons. The first kappa shape index (κ1) is 12.1. The van der Waals surface area contributed by atoms with Gasteiger partial charge in [0.25, 0.3) is 0 Å². The molecular weight excluding hydrogens is 262 g/mol. The summed E-state index contributed by atoms with van der Waals surface area (Å²) in [4.78, 5) is 9.63. The number of hydrogen-bond donors (Lipinski definition) is 1. The van der Waals surface area contributed by atoms with E-state index in [-0.39, 0.29) is 0 Å². The molecule has 3 aromatic rings. The number of imidazole rings is 1. The zero-order valence-corrected chi connectivity index (χ0v) is 11.5. The summed E-state index contributed by atoms with van der Waals surface area (Å²) in [5.74, 6) is 0. The Morgan fingerprint density at radius 2 is 2.24 bits per heavy atom. The van der Waals surface area contributed by atoms with Crippen LogP contribution in [-0.4, -0.2) is 26.7 Å². The minimum Gasteiger partial charge on any atom is -0.365 e. The maximum atomic E-state index is 4.19. The van der Waals surface area contributed by atoms with Gasteiger partial charge in [-0.15, -0.1) is 0 Å². The SMILES string of the molecule is c1cnnc(-c2ccc3c(c2)N(Cc2cnc[nH]2)CC3)c1. The highest BCUT2D eigenvalue weighted by atomic mass is 15.2. The second-order valence-corrected chi connectivity index (χ2v) is 5.20. The van der Waals surface area contributed by atoms with Gasteiger partial charge < -0.3 is 9.88 Å². The summed E-state index contributed by atoms with van der Waals surface area (Å²) in [6, 6.07) is 10.4. The normalized spacial score (nSPS) is 13.4. The van der Waals surface area contributed by atoms with Crippen LogP contribution in [-0.2, 0) is 13.0 Å². The molecule has 1 N–H and O–H groups in total. The Hall–Kier alpha value is -2.69. The van der Waals surface area contributed by atoms with Crippen molar-refractivity contribution in [1.29, 1.82) is 0 Å². The minimum atomic E-state index is 0.858. The molecule has 3 heterocycles. The Morgan fingerprint density at radius 1 is 1.24 bits per heavy atom. The average Bonchev–Trinajstić information content (AvgIpc) is 3.19. The minimum absolute atomic E-state index is 0.858. The quantitative estimate of drug-likeness (QED) is 0.799. The molecule has 1 aromatic carbocycles. The lowest BCUT2D eigenvalue weighted by Crippen LogP contribution is -2.19. The number of fused-ring (bicyclic) bond motifs is 1. The van der Waals surface area contributed by atoms with E-state index in [1.807, 2.05) is 18.3 Å². The topological polar surface area (TPSA) is 57.7 Å². The van der Waals surface area contributed by atoms with Crippen LogP contribution >= 0.6 is 0 Å². The van der Waals surface area contributed by atoms with Gasteiger partial charge in [0.05, 0.1) is 24.3 Å². The van der Waals surface area contributed by atoms with Crippen molar-refractivity contribution in [2.75, 3.05) is 11.4 Å². The fourth-order valence-electron chi connectivity index (χ4n) is 2.80. The van der Waals surface area contributed by atoms with Crippen molar-refractivity contribution in [3.05, 3.63) is 60.3 Å². The van der Waals surface area contributed by atoms with Crippen LogP contribution in [0.15, 0.2) is 49.1 Å². The summed E-state index contributed by atoms with van der Waals surface area (Å²) in [5.41, 5.74) is 5.83. The van der Waals surface area contributed by atoms with Gasteiger partial charge in [-0.1, -0.05) is 12.1 Å². The van der Waals surface area contributed by atoms with Gasteiger partial charge in [0, 0.05) is 30.2 Å². The van der Waals surface area contributed by atoms with E-state index in [0.717, 1.165) is 36.5 Å². The van der Waals surface area contributed by atoms with Gasteiger partial charge in [0.1, 0.15) is 0 Å². The Kier molecular flexibility index (Phi) is 2.88. The zero-order valence-electron chi connectivity index (χ0n) is 11.5. The third-order valence-corrected chi connectivity index (χ3v) is 3.86. The van der Waals surface area contributed by atoms with Gasteiger partial charge >= 0.3 is 0 Å². The molecule has 0 spiro atoms. The number of H-pyrrole nitrogens is 1. The molecule has 1 aliphatic heterocycles. The highest BCUT2D eigenvalue weighted by molar-refractivity contribution is 5.69. The van der Waals surface area contributed by atoms with Crippen LogP contribution in [0.5, 0.6) is 0 Å². The monoisotopic (exact) mass is 277 g/mol. The molecule has 0 saturated carbocycles. The Morgan fingerprint density at radius 3 is 3.05 bits per heavy atom. The van der Waals surface area contributed by atoms with Gasteiger partial charge in [-0.3, -0.25) is 0 Å². The van der Waals surface area contributed by atoms with Crippen molar-refractivity contribution in [3.8, 4) is 11.3 Å². The maximum Gasteiger partial charge on any atom is 0.0930 e. The van der Waals surface area contributed by atoms with E-state index in [4.69, 9.17) is 0 Å². The van der Waals surface area contributed by atoms with Gasteiger partial charge in [0.2, 0.25) is 0 Å². The van der Waals surface area contributed by atoms with Crippen molar-refractivity contribution >= 4 is 5.69 Å². The molecule has 0 bridgehead atoms. The zero-order chi connectivity index (χ0) is 14.1. The standard InChI is InChI=1S/C16H15N5/c1-2-15(20-19-6-1)13-4-3-12-5-7-21(16(12)8-13)10-14-9-17-11-18-14/h1-4,6,8-9,11H,5,7,10H2,(H,17,18). The number of benzene rings is 1. The molecule has 0 saturated heterocycles. The second-order valence-electron chi connectivity index (χ2n) is 5.20. The van der Waals surface area contributed by atoms with E-state index in [1.165, 1.54) is 11.3 Å². The molecule has 21 heavy (non-hydrogen) atoms. The number of hydrogen-bond acceptors (Lipinski definition) is 4. The van der Waals surface area contributed by atoms with Crippen LogP contribution in [0.1, 0.15) is 11.3 Å². The van der Waals surface area contributed by atoms with E-state index in [2.05, 4.69) is 43.3 Å². The first-order chi connectivity index (χ1) is 10.4. The van der Waals surface area contributed by atoms with Gasteiger partial charge in [-0.2, -0.15) is 10.2 Å². The van der Waals surface area contributed by atoms with Gasteiger partial charge in [0.15, 0.2) is 0 Å². The molecule has 5 nitrogen and oxygen atoms in total. The number of aromatic amines is 1. The Bertz CT molecular complexity index is 737. The summed E-state index contributed by atoms with van der Waals surface area (Å²) in [6.07, 6.45) is 6.39. The second kappa shape index (κ2) is 5.01. The molecule has 4 rings (SSSR count). The van der Waals surface area contributed by atoms with E-state index in [9.17, 15) is 0 Å². The summed E-state index contributed by atoms with van der Waals surface area (Å²) in [6.45, 7) is 1.90. The molecular formula is C16H15N5. The molecule has 5 heteroatoms. The van der Waals surface area contributed by atoms with Crippen molar-refractivity contribution in [2.24, 2.45) is 0 Å². The van der Waals surface area contributed by atoms with Crippen LogP contribution < -0.4 is 4.90 Å². The molecule has 0 unspecified atom stereocenters. The maximum absolute atomic E-state index is 4.19. The van der Waals surface area contributed by atoms with Crippen molar-refractivity contribution in [1.82, 2.24) is 20.2 Å². The van der Waals surface area contributed by atoms with Crippen LogP contribution in [0.4, 0.5) is 5.69 Å². The lowest BCUT2D eigenvalue weighted by molar-refractivity contribution is 0.819. The lowest BCUT2D eigenvalue weighted by atomic mass is 10.1. The van der Waals surface area contributed by atoms with Gasteiger partial charge in [-0.05, 0) is 30.2 Å². The van der Waals surface area contributed by atoms with E-state index in [1.54, 1.807) is 12.5 Å². The Balaban J connectivity index is 1.67. The number of nitrogens with zero attached hydrogens (tertiary/aromatic N) is 4. The number of anilines is 1. The predicted octanol–water partition coefficient (Wildman–Crippen LogP) is 2.43. The summed E-state index contributed by atoms with van der Waals surface area (Å²) in [5, 5.41) is 8.15. The number of aromatic nitrogens is 4. The molecule has 2 aromatic heterocycles. The van der Waals surface area contributed by atoms with Crippen LogP contribution in [0.25, 0.3) is 11.3 Å². The molecule has 0 amide bonds. The van der Waals surface area contributed by atoms with Crippen molar-refractivity contribution in [2.45, 2.75) is 13.0 Å². The average molecular weight is 277 g/mol. The third-order valence-electron chi connectivity index (χ3n) is 3.86. The summed E-state index contributed by atoms with van der Waals surface area (Å²) >= 11 is 0. The predicted molar refractivity (Wildman–Crippen MR) is 80.8 cm³/mol. The highest BCUT2D eigenvalue weighted by Crippen LogP contribution is 2.32. The first-order valence-corrected chi connectivity index (χ1v) is 7.03. The largest absolute Gasteiger partial charge is 0.365 e. The molecule has 0 atom stereocenters.